The van der Waals surface area contributed by atoms with Crippen LogP contribution in [0.3, 0.4) is 0 Å². The van der Waals surface area contributed by atoms with Gasteiger partial charge in [0.05, 0.1) is 44.7 Å². The number of carbonyl (C=O) groups excluding carboxylic acids is 1. The van der Waals surface area contributed by atoms with Crippen molar-refractivity contribution in [3.63, 3.8) is 0 Å². The standard InChI is InChI=1S/C57H70N6O6Si/c1-56(2,3)69-55(64)62-30-31-63(45(39-62)42-68-70(57(4,5)6,47-22-12-8-13-23-47)48-24-14-9-15-25-48)53-50-27-29-61(40-51(50)58-54(59-53)66-34-18-28-60-32-35-65-36-33-60)52-38-46(37-44-21-16-17-26-49(44)52)67-41-43-19-10-7-11-20-43/h7-17,19-26,37-38,45H,18,27-36,39-42H2,1-6H3/t45-/m0/s1. The minimum Gasteiger partial charge on any atom is -0.489 e. The minimum absolute atomic E-state index is 0.242. The number of hydrogen-bond acceptors (Lipinski definition) is 11. The lowest BCUT2D eigenvalue weighted by Crippen LogP contribution is -2.68. The van der Waals surface area contributed by atoms with Crippen molar-refractivity contribution in [3.8, 4) is 11.8 Å². The average molecular weight is 963 g/mol. The van der Waals surface area contributed by atoms with Gasteiger partial charge in [0, 0.05) is 68.5 Å². The fourth-order valence-electron chi connectivity index (χ4n) is 10.3. The Balaban J connectivity index is 1.08. The second kappa shape index (κ2) is 21.6. The van der Waals surface area contributed by atoms with Gasteiger partial charge in [0.15, 0.2) is 0 Å². The average Bonchev–Trinajstić information content (AvgIpc) is 3.37. The fourth-order valence-corrected chi connectivity index (χ4v) is 14.9. The predicted octanol–water partition coefficient (Wildman–Crippen LogP) is 8.87. The molecule has 0 aliphatic carbocycles. The van der Waals surface area contributed by atoms with Gasteiger partial charge in [-0.2, -0.15) is 9.97 Å². The first-order chi connectivity index (χ1) is 33.8. The number of ether oxygens (including phenoxy) is 4. The monoisotopic (exact) mass is 963 g/mol. The van der Waals surface area contributed by atoms with Gasteiger partial charge in [-0.3, -0.25) is 4.90 Å². The minimum atomic E-state index is -2.97. The van der Waals surface area contributed by atoms with E-state index in [1.807, 2.05) is 43.9 Å². The van der Waals surface area contributed by atoms with Crippen LogP contribution >= 0.6 is 0 Å². The van der Waals surface area contributed by atoms with Crippen LogP contribution in [0.15, 0.2) is 127 Å². The SMILES string of the molecule is CC(C)(C)OC(=O)N1CCN(c2nc(OCCCN3CCOCC3)nc3c2CCN(c2cc(OCc4ccccc4)cc4ccccc24)C3)[C@H](CO[Si](c2ccccc2)(c2ccccc2)C(C)(C)C)C1. The lowest BCUT2D eigenvalue weighted by Gasteiger charge is -2.47. The maximum absolute atomic E-state index is 13.9. The van der Waals surface area contributed by atoms with Gasteiger partial charge in [-0.25, -0.2) is 4.79 Å². The summed E-state index contributed by atoms with van der Waals surface area (Å²) in [6, 6.07) is 44.7. The van der Waals surface area contributed by atoms with Crippen LogP contribution < -0.4 is 29.6 Å². The number of benzene rings is 5. The molecule has 368 valence electrons. The van der Waals surface area contributed by atoms with Crippen LogP contribution in [0.4, 0.5) is 16.3 Å². The molecule has 0 N–H and O–H groups in total. The molecule has 2 fully saturated rings. The van der Waals surface area contributed by atoms with Crippen LogP contribution in [-0.4, -0.2) is 118 Å². The molecule has 6 aromatic rings. The van der Waals surface area contributed by atoms with E-state index < -0.39 is 13.9 Å². The Morgan fingerprint density at radius 1 is 0.757 bits per heavy atom. The number of hydrogen-bond donors (Lipinski definition) is 0. The van der Waals surface area contributed by atoms with Gasteiger partial charge in [-0.05, 0) is 66.0 Å². The first-order valence-corrected chi connectivity index (χ1v) is 27.0. The van der Waals surface area contributed by atoms with Crippen molar-refractivity contribution in [3.05, 3.63) is 144 Å². The lowest BCUT2D eigenvalue weighted by atomic mass is 10.0. The fraction of sp³-hybridized carbons (Fsp3) is 0.421. The molecule has 2 saturated heterocycles. The Hall–Kier alpha value is -5.99. The van der Waals surface area contributed by atoms with Crippen molar-refractivity contribution in [2.75, 3.05) is 82.0 Å². The largest absolute Gasteiger partial charge is 0.489 e. The highest BCUT2D eigenvalue weighted by Gasteiger charge is 2.51. The third kappa shape index (κ3) is 11.3. The molecule has 0 spiro atoms. The molecular formula is C57H70N6O6Si. The molecule has 5 aromatic carbocycles. The summed E-state index contributed by atoms with van der Waals surface area (Å²) in [4.78, 5) is 33.6. The maximum atomic E-state index is 13.9. The number of nitrogens with zero attached hydrogens (tertiary/aromatic N) is 6. The molecule has 1 aromatic heterocycles. The smallest absolute Gasteiger partial charge is 0.410 e. The second-order valence-corrected chi connectivity index (χ2v) is 25.1. The third-order valence-electron chi connectivity index (χ3n) is 13.7. The molecule has 70 heavy (non-hydrogen) atoms. The van der Waals surface area contributed by atoms with E-state index in [4.69, 9.17) is 33.3 Å². The Bertz CT molecular complexity index is 2630. The normalized spacial score (nSPS) is 17.1. The summed E-state index contributed by atoms with van der Waals surface area (Å²) in [7, 11) is -2.97. The summed E-state index contributed by atoms with van der Waals surface area (Å²) >= 11 is 0. The Morgan fingerprint density at radius 2 is 1.43 bits per heavy atom. The Morgan fingerprint density at radius 3 is 2.11 bits per heavy atom. The number of amides is 1. The predicted molar refractivity (Wildman–Crippen MR) is 281 cm³/mol. The third-order valence-corrected chi connectivity index (χ3v) is 18.7. The zero-order valence-corrected chi connectivity index (χ0v) is 42.9. The second-order valence-electron chi connectivity index (χ2n) is 20.8. The van der Waals surface area contributed by atoms with Crippen LogP contribution in [-0.2, 0) is 33.5 Å². The molecule has 1 atom stereocenters. The van der Waals surface area contributed by atoms with Crippen LogP contribution in [0, 0.1) is 0 Å². The molecule has 3 aliphatic rings. The molecule has 4 heterocycles. The van der Waals surface area contributed by atoms with Crippen molar-refractivity contribution in [2.24, 2.45) is 0 Å². The van der Waals surface area contributed by atoms with Gasteiger partial charge in [0.25, 0.3) is 8.32 Å². The van der Waals surface area contributed by atoms with E-state index in [9.17, 15) is 4.79 Å². The Labute approximate surface area is 415 Å². The van der Waals surface area contributed by atoms with Crippen LogP contribution in [0.25, 0.3) is 10.8 Å². The van der Waals surface area contributed by atoms with Crippen molar-refractivity contribution >= 4 is 47.1 Å². The number of fused-ring (bicyclic) bond motifs is 2. The highest BCUT2D eigenvalue weighted by molar-refractivity contribution is 6.99. The first-order valence-electron chi connectivity index (χ1n) is 25.1. The molecule has 0 bridgehead atoms. The summed E-state index contributed by atoms with van der Waals surface area (Å²) in [6.45, 7) is 21.0. The summed E-state index contributed by atoms with van der Waals surface area (Å²) in [5.74, 6) is 1.67. The number of aromatic nitrogens is 2. The first kappa shape index (κ1) is 49.0. The van der Waals surface area contributed by atoms with E-state index in [2.05, 4.69) is 145 Å². The molecule has 0 radical (unpaired) electrons. The van der Waals surface area contributed by atoms with E-state index in [-0.39, 0.29) is 17.2 Å². The zero-order valence-electron chi connectivity index (χ0n) is 41.9. The quantitative estimate of drug-likeness (QED) is 0.0729. The maximum Gasteiger partial charge on any atom is 0.410 e. The molecule has 3 aliphatic heterocycles. The van der Waals surface area contributed by atoms with Crippen molar-refractivity contribution in [1.82, 2.24) is 19.8 Å². The molecule has 12 nitrogen and oxygen atoms in total. The highest BCUT2D eigenvalue weighted by Crippen LogP contribution is 2.40. The van der Waals surface area contributed by atoms with Gasteiger partial charge in [-0.15, -0.1) is 0 Å². The van der Waals surface area contributed by atoms with Crippen LogP contribution in [0.5, 0.6) is 11.8 Å². The molecule has 1 amide bonds. The highest BCUT2D eigenvalue weighted by atomic mass is 28.4. The van der Waals surface area contributed by atoms with E-state index >= 15 is 0 Å². The van der Waals surface area contributed by atoms with E-state index in [1.54, 1.807) is 0 Å². The van der Waals surface area contributed by atoms with Gasteiger partial charge < -0.3 is 38.1 Å². The topological polar surface area (TPSA) is 102 Å². The number of piperazine rings is 1. The van der Waals surface area contributed by atoms with Crippen LogP contribution in [0.1, 0.15) is 64.8 Å². The molecule has 0 saturated carbocycles. The van der Waals surface area contributed by atoms with E-state index in [0.29, 0.717) is 58.4 Å². The van der Waals surface area contributed by atoms with E-state index in [1.165, 1.54) is 10.4 Å². The molecule has 13 heteroatoms. The number of rotatable bonds is 15. The molecular weight excluding hydrogens is 893 g/mol. The summed E-state index contributed by atoms with van der Waals surface area (Å²) in [5, 5.41) is 4.44. The van der Waals surface area contributed by atoms with E-state index in [0.717, 1.165) is 90.7 Å². The number of anilines is 2. The summed E-state index contributed by atoms with van der Waals surface area (Å²) < 4.78 is 32.3. The molecule has 9 rings (SSSR count). The summed E-state index contributed by atoms with van der Waals surface area (Å²) in [5.41, 5.74) is 3.61. The summed E-state index contributed by atoms with van der Waals surface area (Å²) in [6.07, 6.45) is 1.22. The number of morpholine rings is 1. The zero-order chi connectivity index (χ0) is 48.7. The lowest BCUT2D eigenvalue weighted by molar-refractivity contribution is 0.0199. The van der Waals surface area contributed by atoms with Gasteiger partial charge in [0.1, 0.15) is 23.8 Å². The Kier molecular flexibility index (Phi) is 15.1. The van der Waals surface area contributed by atoms with Gasteiger partial charge in [0.2, 0.25) is 0 Å². The van der Waals surface area contributed by atoms with Crippen molar-refractivity contribution < 1.29 is 28.2 Å². The molecule has 0 unspecified atom stereocenters. The van der Waals surface area contributed by atoms with Crippen molar-refractivity contribution in [2.45, 2.75) is 84.2 Å². The van der Waals surface area contributed by atoms with Gasteiger partial charge >= 0.3 is 12.1 Å². The van der Waals surface area contributed by atoms with Crippen molar-refractivity contribution in [1.29, 1.82) is 0 Å². The number of carbonyl (C=O) groups is 1. The van der Waals surface area contributed by atoms with Crippen LogP contribution in [0.2, 0.25) is 5.04 Å². The van der Waals surface area contributed by atoms with Gasteiger partial charge in [-0.1, -0.05) is 136 Å².